The highest BCUT2D eigenvalue weighted by molar-refractivity contribution is 5.68. The first kappa shape index (κ1) is 15.3. The lowest BCUT2D eigenvalue weighted by Crippen LogP contribution is -2.30. The van der Waals surface area contributed by atoms with Crippen LogP contribution in [-0.2, 0) is 0 Å². The molecular weight excluding hydrogens is 294 g/mol. The van der Waals surface area contributed by atoms with Gasteiger partial charge in [-0.3, -0.25) is 0 Å². The predicted molar refractivity (Wildman–Crippen MR) is 99.7 cm³/mol. The molecule has 2 heteroatoms. The molecule has 1 N–H and O–H groups in total. The number of rotatable bonds is 3. The van der Waals surface area contributed by atoms with Crippen LogP contribution < -0.4 is 10.1 Å². The van der Waals surface area contributed by atoms with E-state index in [0.29, 0.717) is 17.9 Å². The number of anilines is 1. The minimum atomic E-state index is 0.173. The summed E-state index contributed by atoms with van der Waals surface area (Å²) in [5, 5.41) is 3.83. The van der Waals surface area contributed by atoms with Crippen molar-refractivity contribution in [3.63, 3.8) is 0 Å². The predicted octanol–water partition coefficient (Wildman–Crippen LogP) is 5.61. The number of para-hydroxylation sites is 1. The van der Waals surface area contributed by atoms with Gasteiger partial charge in [0.25, 0.3) is 0 Å². The number of fused-ring (bicyclic) bond motifs is 3. The topological polar surface area (TPSA) is 21.3 Å². The van der Waals surface area contributed by atoms with Gasteiger partial charge in [-0.05, 0) is 55.9 Å². The van der Waals surface area contributed by atoms with E-state index in [1.54, 1.807) is 0 Å². The van der Waals surface area contributed by atoms with Gasteiger partial charge < -0.3 is 10.1 Å². The van der Waals surface area contributed by atoms with E-state index in [9.17, 15) is 0 Å². The van der Waals surface area contributed by atoms with E-state index in [1.807, 2.05) is 0 Å². The lowest BCUT2D eigenvalue weighted by molar-refractivity contribution is 0.242. The SMILES string of the molecule is Cc1ccccc1C1Nc2c(OC(C)C)cccc2C2C=CCC21. The maximum Gasteiger partial charge on any atom is 0.143 e. The summed E-state index contributed by atoms with van der Waals surface area (Å²) < 4.78 is 6.09. The first-order valence-corrected chi connectivity index (χ1v) is 8.93. The highest BCUT2D eigenvalue weighted by Crippen LogP contribution is 2.52. The van der Waals surface area contributed by atoms with Crippen LogP contribution in [0, 0.1) is 12.8 Å². The van der Waals surface area contributed by atoms with Crippen LogP contribution in [0.1, 0.15) is 48.9 Å². The Morgan fingerprint density at radius 3 is 2.62 bits per heavy atom. The molecule has 0 bridgehead atoms. The summed E-state index contributed by atoms with van der Waals surface area (Å²) >= 11 is 0. The van der Waals surface area contributed by atoms with Gasteiger partial charge in [-0.1, -0.05) is 48.6 Å². The van der Waals surface area contributed by atoms with E-state index in [0.717, 1.165) is 12.2 Å². The van der Waals surface area contributed by atoms with E-state index >= 15 is 0 Å². The molecule has 1 aliphatic heterocycles. The Hall–Kier alpha value is -2.22. The largest absolute Gasteiger partial charge is 0.489 e. The molecular formula is C22H25NO. The molecule has 0 spiro atoms. The van der Waals surface area contributed by atoms with Crippen LogP contribution in [0.4, 0.5) is 5.69 Å². The van der Waals surface area contributed by atoms with Crippen molar-refractivity contribution in [3.05, 3.63) is 71.3 Å². The Morgan fingerprint density at radius 2 is 1.83 bits per heavy atom. The second-order valence-corrected chi connectivity index (χ2v) is 7.22. The van der Waals surface area contributed by atoms with Gasteiger partial charge in [-0.2, -0.15) is 0 Å². The number of allylic oxidation sites excluding steroid dienone is 2. The lowest BCUT2D eigenvalue weighted by Gasteiger charge is -2.39. The van der Waals surface area contributed by atoms with Gasteiger partial charge in [0.05, 0.1) is 17.8 Å². The zero-order valence-corrected chi connectivity index (χ0v) is 14.6. The summed E-state index contributed by atoms with van der Waals surface area (Å²) in [7, 11) is 0. The maximum absolute atomic E-state index is 6.09. The first-order chi connectivity index (χ1) is 11.6. The average Bonchev–Trinajstić information content (AvgIpc) is 3.05. The van der Waals surface area contributed by atoms with Crippen LogP contribution in [0.25, 0.3) is 0 Å². The van der Waals surface area contributed by atoms with Crippen molar-refractivity contribution in [2.75, 3.05) is 5.32 Å². The molecule has 0 radical (unpaired) electrons. The van der Waals surface area contributed by atoms with E-state index in [-0.39, 0.29) is 6.10 Å². The summed E-state index contributed by atoms with van der Waals surface area (Å²) in [5.74, 6) is 2.02. The van der Waals surface area contributed by atoms with E-state index in [1.165, 1.54) is 22.4 Å². The number of nitrogens with one attached hydrogen (secondary N) is 1. The molecule has 1 aliphatic carbocycles. The number of hydrogen-bond acceptors (Lipinski definition) is 2. The molecule has 2 aromatic carbocycles. The zero-order chi connectivity index (χ0) is 16.7. The van der Waals surface area contributed by atoms with Crippen molar-refractivity contribution < 1.29 is 4.74 Å². The minimum absolute atomic E-state index is 0.173. The molecule has 0 aromatic heterocycles. The molecule has 0 saturated carbocycles. The lowest BCUT2D eigenvalue weighted by atomic mass is 9.76. The van der Waals surface area contributed by atoms with Crippen molar-refractivity contribution in [1.82, 2.24) is 0 Å². The molecule has 2 nitrogen and oxygen atoms in total. The van der Waals surface area contributed by atoms with Gasteiger partial charge in [0.15, 0.2) is 0 Å². The van der Waals surface area contributed by atoms with Gasteiger partial charge >= 0.3 is 0 Å². The van der Waals surface area contributed by atoms with Crippen LogP contribution in [0.3, 0.4) is 0 Å². The Labute approximate surface area is 144 Å². The first-order valence-electron chi connectivity index (χ1n) is 8.93. The highest BCUT2D eigenvalue weighted by atomic mass is 16.5. The van der Waals surface area contributed by atoms with Crippen LogP contribution in [-0.4, -0.2) is 6.10 Å². The second kappa shape index (κ2) is 6.01. The second-order valence-electron chi connectivity index (χ2n) is 7.22. The van der Waals surface area contributed by atoms with Crippen LogP contribution in [0.2, 0.25) is 0 Å². The molecule has 4 rings (SSSR count). The molecule has 1 heterocycles. The van der Waals surface area contributed by atoms with Crippen molar-refractivity contribution in [2.45, 2.75) is 45.3 Å². The third kappa shape index (κ3) is 2.50. The third-order valence-corrected chi connectivity index (χ3v) is 5.24. The standard InChI is InChI=1S/C22H25NO/c1-14(2)24-20-13-7-12-19-17-10-6-11-18(17)21(23-22(19)20)16-9-5-4-8-15(16)3/h4-10,12-14,17-18,21,23H,11H2,1-3H3. The Bertz CT molecular complexity index is 777. The van der Waals surface area contributed by atoms with Gasteiger partial charge in [0.1, 0.15) is 5.75 Å². The molecule has 0 amide bonds. The quantitative estimate of drug-likeness (QED) is 0.743. The molecule has 0 fully saturated rings. The van der Waals surface area contributed by atoms with Crippen LogP contribution >= 0.6 is 0 Å². The smallest absolute Gasteiger partial charge is 0.143 e. The van der Waals surface area contributed by atoms with Crippen molar-refractivity contribution in [3.8, 4) is 5.75 Å². The fourth-order valence-electron chi connectivity index (χ4n) is 4.19. The molecule has 2 aliphatic rings. The normalized spacial score (nSPS) is 24.4. The maximum atomic E-state index is 6.09. The molecule has 3 unspecified atom stereocenters. The fraction of sp³-hybridized carbons (Fsp3) is 0.364. The van der Waals surface area contributed by atoms with Gasteiger partial charge in [0, 0.05) is 5.92 Å². The van der Waals surface area contributed by atoms with E-state index < -0.39 is 0 Å². The summed E-state index contributed by atoms with van der Waals surface area (Å²) in [6.07, 6.45) is 6.03. The van der Waals surface area contributed by atoms with Gasteiger partial charge in [-0.25, -0.2) is 0 Å². The summed E-state index contributed by atoms with van der Waals surface area (Å²) in [6.45, 7) is 6.37. The molecule has 2 aromatic rings. The van der Waals surface area contributed by atoms with Crippen LogP contribution in [0.15, 0.2) is 54.6 Å². The molecule has 24 heavy (non-hydrogen) atoms. The Kier molecular flexibility index (Phi) is 3.84. The molecule has 0 saturated heterocycles. The zero-order valence-electron chi connectivity index (χ0n) is 14.6. The number of hydrogen-bond donors (Lipinski definition) is 1. The molecule has 124 valence electrons. The Balaban J connectivity index is 1.81. The van der Waals surface area contributed by atoms with Gasteiger partial charge in [-0.15, -0.1) is 0 Å². The average molecular weight is 319 g/mol. The number of ether oxygens (including phenoxy) is 1. The Morgan fingerprint density at radius 1 is 1.04 bits per heavy atom. The fourth-order valence-corrected chi connectivity index (χ4v) is 4.19. The van der Waals surface area contributed by atoms with Crippen molar-refractivity contribution >= 4 is 5.69 Å². The number of benzene rings is 2. The minimum Gasteiger partial charge on any atom is -0.489 e. The van der Waals surface area contributed by atoms with Crippen molar-refractivity contribution in [1.29, 1.82) is 0 Å². The monoisotopic (exact) mass is 319 g/mol. The van der Waals surface area contributed by atoms with E-state index in [2.05, 4.69) is 80.7 Å². The summed E-state index contributed by atoms with van der Waals surface area (Å²) in [5.41, 5.74) is 5.30. The third-order valence-electron chi connectivity index (χ3n) is 5.24. The van der Waals surface area contributed by atoms with E-state index in [4.69, 9.17) is 4.74 Å². The summed E-state index contributed by atoms with van der Waals surface area (Å²) in [6, 6.07) is 15.5. The molecule has 3 atom stereocenters. The van der Waals surface area contributed by atoms with Gasteiger partial charge in [0.2, 0.25) is 0 Å². The summed E-state index contributed by atoms with van der Waals surface area (Å²) in [4.78, 5) is 0. The highest BCUT2D eigenvalue weighted by Gasteiger charge is 2.39. The van der Waals surface area contributed by atoms with Crippen LogP contribution in [0.5, 0.6) is 5.75 Å². The van der Waals surface area contributed by atoms with Crippen molar-refractivity contribution in [2.24, 2.45) is 5.92 Å². The number of aryl methyl sites for hydroxylation is 1.